The highest BCUT2D eigenvalue weighted by molar-refractivity contribution is 6.04. The first-order valence-electron chi connectivity index (χ1n) is 9.28. The smallest absolute Gasteiger partial charge is 0.347 e. The summed E-state index contributed by atoms with van der Waals surface area (Å²) in [6, 6.07) is 12.5. The zero-order chi connectivity index (χ0) is 20.0. The van der Waals surface area contributed by atoms with Crippen molar-refractivity contribution in [3.05, 3.63) is 87.9 Å². The van der Waals surface area contributed by atoms with E-state index >= 15 is 0 Å². The molecule has 0 fully saturated rings. The van der Waals surface area contributed by atoms with E-state index < -0.39 is 5.63 Å². The molecule has 1 unspecified atom stereocenters. The number of aliphatic imine (C=N–C) groups is 1. The predicted octanol–water partition coefficient (Wildman–Crippen LogP) is 3.93. The van der Waals surface area contributed by atoms with Crippen LogP contribution in [0.5, 0.6) is 0 Å². The monoisotopic (exact) mass is 384 g/mol. The molecule has 0 amide bonds. The number of carbonyl (C=O) groups excluding carboxylic acids is 1. The number of hydrogen-bond donors (Lipinski definition) is 0. The van der Waals surface area contributed by atoms with Crippen molar-refractivity contribution in [2.24, 2.45) is 10.9 Å². The number of rotatable bonds is 2. The minimum Gasteiger partial charge on any atom is -0.406 e. The molecule has 29 heavy (non-hydrogen) atoms. The largest absolute Gasteiger partial charge is 0.406 e. The summed E-state index contributed by atoms with van der Waals surface area (Å²) in [6.45, 7) is 1.88. The standard InChI is InChI=1S/C23H16N2O4/c1-13-12-14(20-24-18-8-4-2-6-16(18)22(26)28-20)10-11-15(13)21-25-19-9-5-3-7-17(19)23(27)29-21/h2-5,7-12,16H,6H2,1H3. The molecule has 1 atom stereocenters. The maximum atomic E-state index is 12.3. The highest BCUT2D eigenvalue weighted by Gasteiger charge is 2.31. The summed E-state index contributed by atoms with van der Waals surface area (Å²) in [4.78, 5) is 33.6. The Labute approximate surface area is 165 Å². The number of esters is 1. The number of aromatic nitrogens is 1. The second-order valence-electron chi connectivity index (χ2n) is 7.00. The molecule has 5 rings (SSSR count). The molecule has 0 radical (unpaired) electrons. The molecule has 3 aromatic rings. The molecule has 142 valence electrons. The second-order valence-corrected chi connectivity index (χ2v) is 7.00. The van der Waals surface area contributed by atoms with Gasteiger partial charge in [0.25, 0.3) is 0 Å². The summed E-state index contributed by atoms with van der Waals surface area (Å²) < 4.78 is 10.9. The number of aryl methyl sites for hydroxylation is 1. The van der Waals surface area contributed by atoms with E-state index in [4.69, 9.17) is 9.15 Å². The molecular formula is C23H16N2O4. The Hall–Kier alpha value is -3.80. The molecule has 1 aliphatic heterocycles. The maximum Gasteiger partial charge on any atom is 0.347 e. The number of allylic oxidation sites excluding steroid dienone is 3. The molecule has 0 bridgehead atoms. The lowest BCUT2D eigenvalue weighted by molar-refractivity contribution is -0.139. The second kappa shape index (κ2) is 6.67. The molecule has 0 N–H and O–H groups in total. The fourth-order valence-electron chi connectivity index (χ4n) is 3.55. The Morgan fingerprint density at radius 2 is 1.97 bits per heavy atom. The molecule has 0 saturated carbocycles. The fourth-order valence-corrected chi connectivity index (χ4v) is 3.55. The first-order valence-corrected chi connectivity index (χ1v) is 9.28. The van der Waals surface area contributed by atoms with E-state index in [2.05, 4.69) is 9.98 Å². The minimum absolute atomic E-state index is 0.250. The van der Waals surface area contributed by atoms with Crippen molar-refractivity contribution in [1.29, 1.82) is 0 Å². The maximum absolute atomic E-state index is 12.3. The Morgan fingerprint density at radius 3 is 2.83 bits per heavy atom. The third kappa shape index (κ3) is 2.99. The van der Waals surface area contributed by atoms with Crippen LogP contribution in [-0.4, -0.2) is 16.9 Å². The van der Waals surface area contributed by atoms with Gasteiger partial charge in [0.05, 0.1) is 16.6 Å². The van der Waals surface area contributed by atoms with Gasteiger partial charge in [-0.05, 0) is 55.3 Å². The van der Waals surface area contributed by atoms with Gasteiger partial charge in [0, 0.05) is 11.1 Å². The van der Waals surface area contributed by atoms with E-state index in [0.717, 1.165) is 5.56 Å². The first kappa shape index (κ1) is 17.3. The van der Waals surface area contributed by atoms with E-state index in [9.17, 15) is 9.59 Å². The van der Waals surface area contributed by atoms with Gasteiger partial charge in [-0.1, -0.05) is 24.3 Å². The quantitative estimate of drug-likeness (QED) is 0.626. The summed E-state index contributed by atoms with van der Waals surface area (Å²) in [5.41, 5.74) is 3.06. The number of hydrogen-bond acceptors (Lipinski definition) is 6. The number of nitrogens with zero attached hydrogens (tertiary/aromatic N) is 2. The van der Waals surface area contributed by atoms with Gasteiger partial charge >= 0.3 is 11.6 Å². The highest BCUT2D eigenvalue weighted by Crippen LogP contribution is 2.30. The van der Waals surface area contributed by atoms with E-state index in [1.54, 1.807) is 30.3 Å². The van der Waals surface area contributed by atoms with Gasteiger partial charge in [0.1, 0.15) is 5.92 Å². The molecule has 6 nitrogen and oxygen atoms in total. The van der Waals surface area contributed by atoms with Crippen molar-refractivity contribution in [3.63, 3.8) is 0 Å². The Morgan fingerprint density at radius 1 is 1.10 bits per heavy atom. The average molecular weight is 384 g/mol. The van der Waals surface area contributed by atoms with Crippen molar-refractivity contribution in [3.8, 4) is 11.5 Å². The van der Waals surface area contributed by atoms with Crippen LogP contribution in [0.1, 0.15) is 17.5 Å². The molecule has 6 heteroatoms. The topological polar surface area (TPSA) is 81.8 Å². The van der Waals surface area contributed by atoms with Crippen LogP contribution >= 0.6 is 0 Å². The molecular weight excluding hydrogens is 368 g/mol. The summed E-state index contributed by atoms with van der Waals surface area (Å²) in [7, 11) is 0. The normalized spacial score (nSPS) is 18.1. The van der Waals surface area contributed by atoms with Gasteiger partial charge in [0.2, 0.25) is 11.8 Å². The van der Waals surface area contributed by atoms with Gasteiger partial charge in [-0.25, -0.2) is 14.8 Å². The molecule has 1 aromatic heterocycles. The number of ether oxygens (including phenoxy) is 1. The zero-order valence-electron chi connectivity index (χ0n) is 15.6. The molecule has 1 aliphatic carbocycles. The first-order chi connectivity index (χ1) is 14.1. The van der Waals surface area contributed by atoms with Crippen molar-refractivity contribution in [2.75, 3.05) is 0 Å². The van der Waals surface area contributed by atoms with Crippen LogP contribution in [0.2, 0.25) is 0 Å². The summed E-state index contributed by atoms with van der Waals surface area (Å²) >= 11 is 0. The van der Waals surface area contributed by atoms with Crippen molar-refractivity contribution in [2.45, 2.75) is 13.3 Å². The third-order valence-electron chi connectivity index (χ3n) is 5.08. The fraction of sp³-hybridized carbons (Fsp3) is 0.130. The number of benzene rings is 2. The van der Waals surface area contributed by atoms with Crippen LogP contribution in [0.25, 0.3) is 22.4 Å². The molecule has 0 spiro atoms. The van der Waals surface area contributed by atoms with Gasteiger partial charge in [-0.15, -0.1) is 0 Å². The highest BCUT2D eigenvalue weighted by atomic mass is 16.5. The van der Waals surface area contributed by atoms with Crippen molar-refractivity contribution in [1.82, 2.24) is 4.98 Å². The van der Waals surface area contributed by atoms with Crippen LogP contribution in [0.4, 0.5) is 0 Å². The Balaban J connectivity index is 1.56. The van der Waals surface area contributed by atoms with Gasteiger partial charge in [-0.2, -0.15) is 0 Å². The Kier molecular flexibility index (Phi) is 3.98. The Bertz CT molecular complexity index is 1310. The van der Waals surface area contributed by atoms with Gasteiger partial charge in [0.15, 0.2) is 0 Å². The van der Waals surface area contributed by atoms with Crippen LogP contribution in [0.3, 0.4) is 0 Å². The SMILES string of the molecule is Cc1cc(C2=NC3=CC=CCC3C(=O)O2)ccc1-c1nc2ccccc2c(=O)o1. The number of cyclic esters (lactones) is 1. The number of para-hydroxylation sites is 1. The lowest BCUT2D eigenvalue weighted by atomic mass is 9.96. The summed E-state index contributed by atoms with van der Waals surface area (Å²) in [6.07, 6.45) is 6.27. The van der Waals surface area contributed by atoms with Crippen LogP contribution in [0.15, 0.2) is 80.6 Å². The predicted molar refractivity (Wildman–Crippen MR) is 108 cm³/mol. The molecule has 0 saturated heterocycles. The van der Waals surface area contributed by atoms with Gasteiger partial charge in [-0.3, -0.25) is 4.79 Å². The molecule has 2 heterocycles. The van der Waals surface area contributed by atoms with Crippen LogP contribution in [0, 0.1) is 12.8 Å². The van der Waals surface area contributed by atoms with Crippen molar-refractivity contribution < 1.29 is 13.9 Å². The van der Waals surface area contributed by atoms with E-state index in [-0.39, 0.29) is 23.7 Å². The van der Waals surface area contributed by atoms with Crippen molar-refractivity contribution >= 4 is 22.8 Å². The van der Waals surface area contributed by atoms with E-state index in [0.29, 0.717) is 34.1 Å². The lowest BCUT2D eigenvalue weighted by Gasteiger charge is -2.23. The summed E-state index contributed by atoms with van der Waals surface area (Å²) in [5.74, 6) is -0.106. The van der Waals surface area contributed by atoms with Crippen LogP contribution < -0.4 is 5.63 Å². The minimum atomic E-state index is -0.428. The number of carbonyl (C=O) groups is 1. The average Bonchev–Trinajstić information content (AvgIpc) is 2.73. The van der Waals surface area contributed by atoms with E-state index in [1.807, 2.05) is 37.3 Å². The molecule has 2 aromatic carbocycles. The zero-order valence-corrected chi connectivity index (χ0v) is 15.6. The van der Waals surface area contributed by atoms with E-state index in [1.165, 1.54) is 0 Å². The molecule has 2 aliphatic rings. The number of fused-ring (bicyclic) bond motifs is 2. The summed E-state index contributed by atoms with van der Waals surface area (Å²) in [5, 5.41) is 0.443. The van der Waals surface area contributed by atoms with Crippen LogP contribution in [-0.2, 0) is 9.53 Å². The van der Waals surface area contributed by atoms with Gasteiger partial charge < -0.3 is 9.15 Å². The lowest BCUT2D eigenvalue weighted by Crippen LogP contribution is -2.28. The third-order valence-corrected chi connectivity index (χ3v) is 5.08.